The van der Waals surface area contributed by atoms with Crippen LogP contribution in [0.4, 0.5) is 28.3 Å². The van der Waals surface area contributed by atoms with Crippen LogP contribution in [0.25, 0.3) is 0 Å². The zero-order valence-electron chi connectivity index (χ0n) is 17.0. The van der Waals surface area contributed by atoms with Crippen molar-refractivity contribution in [2.45, 2.75) is 45.1 Å². The Hall–Kier alpha value is -2.95. The van der Waals surface area contributed by atoms with Crippen molar-refractivity contribution in [1.82, 2.24) is 20.2 Å². The number of aliphatic hydroxyl groups excluding tert-OH is 1. The number of alkyl halides is 3. The zero-order valence-corrected chi connectivity index (χ0v) is 17.0. The minimum atomic E-state index is -4.78. The lowest BCUT2D eigenvalue weighted by molar-refractivity contribution is -0.140. The molecule has 7 nitrogen and oxygen atoms in total. The molecule has 2 aromatic rings. The van der Waals surface area contributed by atoms with Crippen LogP contribution in [0.2, 0.25) is 0 Å². The van der Waals surface area contributed by atoms with E-state index in [1.807, 2.05) is 0 Å². The van der Waals surface area contributed by atoms with Crippen LogP contribution in [0.1, 0.15) is 42.3 Å². The van der Waals surface area contributed by atoms with E-state index in [9.17, 15) is 22.4 Å². The van der Waals surface area contributed by atoms with Crippen LogP contribution in [0, 0.1) is 5.82 Å². The van der Waals surface area contributed by atoms with E-state index in [2.05, 4.69) is 20.6 Å². The van der Waals surface area contributed by atoms with Gasteiger partial charge in [0, 0.05) is 18.8 Å². The molecule has 2 atom stereocenters. The van der Waals surface area contributed by atoms with Crippen LogP contribution < -0.4 is 10.6 Å². The summed E-state index contributed by atoms with van der Waals surface area (Å²) < 4.78 is 52.0. The third-order valence-electron chi connectivity index (χ3n) is 5.02. The maximum atomic E-state index is 13.8. The standard InChI is InChI=1S/C20H23F4N5O2/c1-11(10-30)26-18-25-8-14-5-6-29(9-17(14)28-18)19(31)27-12(2)13-3-4-15(16(21)7-13)20(22,23)24/h3-4,7-8,11-12,30H,5-6,9-10H2,1-2H3,(H,27,31)(H,25,26,28)/t11-,12+/m0/s1. The van der Waals surface area contributed by atoms with Crippen molar-refractivity contribution in [3.63, 3.8) is 0 Å². The van der Waals surface area contributed by atoms with Crippen LogP contribution in [-0.2, 0) is 19.1 Å². The number of fused-ring (bicyclic) bond motifs is 1. The zero-order chi connectivity index (χ0) is 22.8. The van der Waals surface area contributed by atoms with Gasteiger partial charge in [-0.05, 0) is 43.5 Å². The molecule has 0 spiro atoms. The molecule has 3 rings (SSSR count). The molecule has 0 saturated carbocycles. The van der Waals surface area contributed by atoms with E-state index in [1.165, 1.54) is 4.90 Å². The predicted molar refractivity (Wildman–Crippen MR) is 105 cm³/mol. The van der Waals surface area contributed by atoms with Gasteiger partial charge in [-0.15, -0.1) is 0 Å². The molecule has 0 bridgehead atoms. The van der Waals surface area contributed by atoms with Gasteiger partial charge in [-0.1, -0.05) is 6.07 Å². The van der Waals surface area contributed by atoms with Gasteiger partial charge in [0.15, 0.2) is 0 Å². The minimum Gasteiger partial charge on any atom is -0.394 e. The summed E-state index contributed by atoms with van der Waals surface area (Å²) in [6.45, 7) is 3.89. The molecule has 1 aromatic carbocycles. The lowest BCUT2D eigenvalue weighted by atomic mass is 10.0. The van der Waals surface area contributed by atoms with E-state index in [-0.39, 0.29) is 24.8 Å². The van der Waals surface area contributed by atoms with Crippen LogP contribution in [0.3, 0.4) is 0 Å². The third kappa shape index (κ3) is 5.40. The molecule has 1 aliphatic heterocycles. The molecule has 1 aromatic heterocycles. The molecule has 1 aliphatic rings. The molecule has 0 aliphatic carbocycles. The largest absolute Gasteiger partial charge is 0.419 e. The molecular formula is C20H23F4N5O2. The highest BCUT2D eigenvalue weighted by Crippen LogP contribution is 2.32. The summed E-state index contributed by atoms with van der Waals surface area (Å²) in [7, 11) is 0. The van der Waals surface area contributed by atoms with E-state index in [4.69, 9.17) is 5.11 Å². The second kappa shape index (κ2) is 9.04. The number of aliphatic hydroxyl groups is 1. The minimum absolute atomic E-state index is 0.0859. The predicted octanol–water partition coefficient (Wildman–Crippen LogP) is 3.26. The van der Waals surface area contributed by atoms with Crippen molar-refractivity contribution in [2.24, 2.45) is 0 Å². The normalized spacial score (nSPS) is 15.8. The quantitative estimate of drug-likeness (QED) is 0.620. The molecule has 0 radical (unpaired) electrons. The van der Waals surface area contributed by atoms with Crippen molar-refractivity contribution < 1.29 is 27.5 Å². The Balaban J connectivity index is 1.66. The van der Waals surface area contributed by atoms with Gasteiger partial charge in [0.25, 0.3) is 0 Å². The van der Waals surface area contributed by atoms with Crippen molar-refractivity contribution in [1.29, 1.82) is 0 Å². The SMILES string of the molecule is C[C@@H](CO)Nc1ncc2c(n1)CN(C(=O)N[C@H](C)c1ccc(C(F)(F)F)c(F)c1)CC2. The number of carbonyl (C=O) groups is 1. The van der Waals surface area contributed by atoms with Gasteiger partial charge in [0.2, 0.25) is 5.95 Å². The summed E-state index contributed by atoms with van der Waals surface area (Å²) in [6, 6.07) is 1.24. The van der Waals surface area contributed by atoms with Gasteiger partial charge in [-0.3, -0.25) is 0 Å². The number of urea groups is 1. The number of nitrogens with one attached hydrogen (secondary N) is 2. The first-order chi connectivity index (χ1) is 14.6. The topological polar surface area (TPSA) is 90.4 Å². The van der Waals surface area contributed by atoms with Crippen LogP contribution >= 0.6 is 0 Å². The van der Waals surface area contributed by atoms with Gasteiger partial charge in [-0.25, -0.2) is 19.2 Å². The number of benzene rings is 1. The number of hydrogen-bond acceptors (Lipinski definition) is 5. The second-order valence-electron chi connectivity index (χ2n) is 7.47. The molecule has 11 heteroatoms. The highest BCUT2D eigenvalue weighted by Gasteiger charge is 2.34. The average molecular weight is 441 g/mol. The highest BCUT2D eigenvalue weighted by atomic mass is 19.4. The highest BCUT2D eigenvalue weighted by molar-refractivity contribution is 5.75. The molecule has 31 heavy (non-hydrogen) atoms. The van der Waals surface area contributed by atoms with E-state index >= 15 is 0 Å². The Morgan fingerprint density at radius 1 is 1.32 bits per heavy atom. The average Bonchev–Trinajstić information content (AvgIpc) is 2.72. The van der Waals surface area contributed by atoms with Gasteiger partial charge in [-0.2, -0.15) is 13.2 Å². The summed E-state index contributed by atoms with van der Waals surface area (Å²) >= 11 is 0. The fourth-order valence-electron chi connectivity index (χ4n) is 3.20. The van der Waals surface area contributed by atoms with E-state index in [0.29, 0.717) is 30.7 Å². The molecule has 168 valence electrons. The monoisotopic (exact) mass is 441 g/mol. The Bertz CT molecular complexity index is 954. The first kappa shape index (κ1) is 22.7. The number of halogens is 4. The number of amides is 2. The summed E-state index contributed by atoms with van der Waals surface area (Å²) in [5, 5.41) is 14.8. The number of aromatic nitrogens is 2. The summed E-state index contributed by atoms with van der Waals surface area (Å²) in [6.07, 6.45) is -2.56. The molecule has 0 fully saturated rings. The van der Waals surface area contributed by atoms with Crippen molar-refractivity contribution in [3.05, 3.63) is 52.6 Å². The van der Waals surface area contributed by atoms with E-state index in [1.54, 1.807) is 20.0 Å². The van der Waals surface area contributed by atoms with Crippen molar-refractivity contribution >= 4 is 12.0 Å². The number of hydrogen-bond donors (Lipinski definition) is 3. The van der Waals surface area contributed by atoms with Crippen LogP contribution in [0.5, 0.6) is 0 Å². The molecule has 2 amide bonds. The lowest BCUT2D eigenvalue weighted by Crippen LogP contribution is -2.44. The van der Waals surface area contributed by atoms with Gasteiger partial charge in [0.1, 0.15) is 5.82 Å². The maximum Gasteiger partial charge on any atom is 0.419 e. The van der Waals surface area contributed by atoms with E-state index in [0.717, 1.165) is 17.7 Å². The fourth-order valence-corrected chi connectivity index (χ4v) is 3.20. The first-order valence-electron chi connectivity index (χ1n) is 9.72. The molecule has 0 saturated heterocycles. The van der Waals surface area contributed by atoms with Crippen LogP contribution in [-0.4, -0.2) is 45.2 Å². The summed E-state index contributed by atoms with van der Waals surface area (Å²) in [5.41, 5.74) is 0.450. The maximum absolute atomic E-state index is 13.8. The van der Waals surface area contributed by atoms with Crippen molar-refractivity contribution in [3.8, 4) is 0 Å². The Morgan fingerprint density at radius 2 is 2.06 bits per heavy atom. The number of anilines is 1. The third-order valence-corrected chi connectivity index (χ3v) is 5.02. The number of rotatable bonds is 5. The van der Waals surface area contributed by atoms with E-state index < -0.39 is 29.6 Å². The summed E-state index contributed by atoms with van der Waals surface area (Å²) in [4.78, 5) is 22.8. The molecule has 3 N–H and O–H groups in total. The molecule has 0 unspecified atom stereocenters. The number of carbonyl (C=O) groups excluding carboxylic acids is 1. The summed E-state index contributed by atoms with van der Waals surface area (Å²) in [5.74, 6) is -1.04. The van der Waals surface area contributed by atoms with Gasteiger partial charge >= 0.3 is 12.2 Å². The lowest BCUT2D eigenvalue weighted by Gasteiger charge is -2.29. The fraction of sp³-hybridized carbons (Fsp3) is 0.450. The molecule has 2 heterocycles. The Morgan fingerprint density at radius 3 is 2.71 bits per heavy atom. The van der Waals surface area contributed by atoms with Gasteiger partial charge in [0.05, 0.1) is 30.5 Å². The number of nitrogens with zero attached hydrogens (tertiary/aromatic N) is 3. The van der Waals surface area contributed by atoms with Crippen LogP contribution in [0.15, 0.2) is 24.4 Å². The first-order valence-corrected chi connectivity index (χ1v) is 9.72. The Labute approximate surface area is 176 Å². The van der Waals surface area contributed by atoms with Crippen molar-refractivity contribution in [2.75, 3.05) is 18.5 Å². The molecular weight excluding hydrogens is 418 g/mol. The Kier molecular flexibility index (Phi) is 6.63. The second-order valence-corrected chi connectivity index (χ2v) is 7.47. The van der Waals surface area contributed by atoms with Gasteiger partial charge < -0.3 is 20.6 Å². The smallest absolute Gasteiger partial charge is 0.394 e.